The zero-order chi connectivity index (χ0) is 19.8. The van der Waals surface area contributed by atoms with Gasteiger partial charge < -0.3 is 15.0 Å². The van der Waals surface area contributed by atoms with Gasteiger partial charge in [0.15, 0.2) is 6.61 Å². The van der Waals surface area contributed by atoms with Gasteiger partial charge in [-0.15, -0.1) is 11.3 Å². The van der Waals surface area contributed by atoms with E-state index in [2.05, 4.69) is 5.32 Å². The molecule has 1 aromatic carbocycles. The van der Waals surface area contributed by atoms with E-state index in [1.807, 2.05) is 17.5 Å². The van der Waals surface area contributed by atoms with E-state index in [0.29, 0.717) is 18.1 Å². The molecule has 1 N–H and O–H groups in total. The first kappa shape index (κ1) is 21.2. The summed E-state index contributed by atoms with van der Waals surface area (Å²) in [6.07, 6.45) is 0. The summed E-state index contributed by atoms with van der Waals surface area (Å²) in [6.45, 7) is 1.86. The Kier molecular flexibility index (Phi) is 8.09. The van der Waals surface area contributed by atoms with Crippen molar-refractivity contribution in [3.63, 3.8) is 0 Å². The molecule has 0 saturated heterocycles. The van der Waals surface area contributed by atoms with Crippen LogP contribution in [0.3, 0.4) is 0 Å². The zero-order valence-corrected chi connectivity index (χ0v) is 16.9. The van der Waals surface area contributed by atoms with E-state index in [0.717, 1.165) is 4.88 Å². The Hall–Kier alpha value is -2.09. The number of ether oxygens (including phenoxy) is 1. The lowest BCUT2D eigenvalue weighted by atomic mass is 10.2. The van der Waals surface area contributed by atoms with Crippen molar-refractivity contribution in [3.8, 4) is 0 Å². The Morgan fingerprint density at radius 1 is 1.22 bits per heavy atom. The van der Waals surface area contributed by atoms with Crippen LogP contribution in [-0.4, -0.2) is 42.4 Å². The Balaban J connectivity index is 1.83. The molecular weight excluding hydrogens is 411 g/mol. The smallest absolute Gasteiger partial charge is 0.340 e. The van der Waals surface area contributed by atoms with Gasteiger partial charge in [-0.25, -0.2) is 4.79 Å². The molecule has 9 heteroatoms. The lowest BCUT2D eigenvalue weighted by molar-refractivity contribution is -0.138. The van der Waals surface area contributed by atoms with Crippen molar-refractivity contribution in [1.29, 1.82) is 0 Å². The summed E-state index contributed by atoms with van der Waals surface area (Å²) >= 11 is 13.3. The molecule has 0 bridgehead atoms. The average molecular weight is 429 g/mol. The second-order valence-electron chi connectivity index (χ2n) is 5.46. The predicted octanol–water partition coefficient (Wildman–Crippen LogP) is 3.38. The summed E-state index contributed by atoms with van der Waals surface area (Å²) in [4.78, 5) is 38.6. The molecule has 0 unspecified atom stereocenters. The molecule has 2 amide bonds. The lowest BCUT2D eigenvalue weighted by Gasteiger charge is -2.20. The summed E-state index contributed by atoms with van der Waals surface area (Å²) < 4.78 is 5.01. The quantitative estimate of drug-likeness (QED) is 0.653. The Morgan fingerprint density at radius 3 is 2.63 bits per heavy atom. The number of amides is 2. The van der Waals surface area contributed by atoms with E-state index >= 15 is 0 Å². The first-order chi connectivity index (χ1) is 12.9. The third-order valence-corrected chi connectivity index (χ3v) is 5.01. The van der Waals surface area contributed by atoms with Crippen LogP contribution in [-0.2, 0) is 20.9 Å². The molecule has 1 heterocycles. The molecule has 27 heavy (non-hydrogen) atoms. The van der Waals surface area contributed by atoms with E-state index in [-0.39, 0.29) is 23.0 Å². The number of hydrogen-bond acceptors (Lipinski definition) is 5. The SMILES string of the molecule is CCN(CC(=O)NCc1cccs1)C(=O)COC(=O)c1ccc(Cl)cc1Cl. The maximum absolute atomic E-state index is 12.2. The fourth-order valence-corrected chi connectivity index (χ4v) is 3.29. The maximum atomic E-state index is 12.2. The normalized spacial score (nSPS) is 10.3. The van der Waals surface area contributed by atoms with Crippen LogP contribution in [0.4, 0.5) is 0 Å². The number of nitrogens with one attached hydrogen (secondary N) is 1. The Bertz CT molecular complexity index is 812. The number of carbonyl (C=O) groups is 3. The van der Waals surface area contributed by atoms with Crippen LogP contribution in [0.5, 0.6) is 0 Å². The van der Waals surface area contributed by atoms with Gasteiger partial charge in [0.2, 0.25) is 5.91 Å². The molecule has 2 aromatic rings. The van der Waals surface area contributed by atoms with Crippen LogP contribution in [0.1, 0.15) is 22.2 Å². The number of benzene rings is 1. The Morgan fingerprint density at radius 2 is 2.00 bits per heavy atom. The minimum absolute atomic E-state index is 0.111. The third kappa shape index (κ3) is 6.53. The van der Waals surface area contributed by atoms with Crippen molar-refractivity contribution in [2.45, 2.75) is 13.5 Å². The molecule has 0 fully saturated rings. The fraction of sp³-hybridized carbons (Fsp3) is 0.278. The highest BCUT2D eigenvalue weighted by molar-refractivity contribution is 7.09. The fourth-order valence-electron chi connectivity index (χ4n) is 2.16. The first-order valence-electron chi connectivity index (χ1n) is 8.09. The molecule has 0 spiro atoms. The molecule has 0 saturated carbocycles. The van der Waals surface area contributed by atoms with Crippen molar-refractivity contribution in [2.24, 2.45) is 0 Å². The van der Waals surface area contributed by atoms with Crippen LogP contribution in [0, 0.1) is 0 Å². The third-order valence-electron chi connectivity index (χ3n) is 3.59. The van der Waals surface area contributed by atoms with Crippen LogP contribution < -0.4 is 5.32 Å². The van der Waals surface area contributed by atoms with E-state index in [9.17, 15) is 14.4 Å². The number of hydrogen-bond donors (Lipinski definition) is 1. The van der Waals surface area contributed by atoms with Gasteiger partial charge in [0.05, 0.1) is 23.7 Å². The second kappa shape index (κ2) is 10.3. The monoisotopic (exact) mass is 428 g/mol. The number of likely N-dealkylation sites (N-methyl/N-ethyl adjacent to an activating group) is 1. The van der Waals surface area contributed by atoms with Gasteiger partial charge in [-0.3, -0.25) is 9.59 Å². The molecule has 0 aliphatic heterocycles. The van der Waals surface area contributed by atoms with Crippen LogP contribution in [0.15, 0.2) is 35.7 Å². The van der Waals surface area contributed by atoms with Gasteiger partial charge in [-0.2, -0.15) is 0 Å². The van der Waals surface area contributed by atoms with Crippen molar-refractivity contribution in [2.75, 3.05) is 19.7 Å². The zero-order valence-electron chi connectivity index (χ0n) is 14.5. The molecule has 2 rings (SSSR count). The van der Waals surface area contributed by atoms with Gasteiger partial charge in [0.25, 0.3) is 5.91 Å². The molecule has 0 aliphatic rings. The molecule has 6 nitrogen and oxygen atoms in total. The first-order valence-corrected chi connectivity index (χ1v) is 9.73. The average Bonchev–Trinajstić information content (AvgIpc) is 3.15. The van der Waals surface area contributed by atoms with E-state index in [1.165, 1.54) is 34.4 Å². The molecule has 1 aromatic heterocycles. The van der Waals surface area contributed by atoms with E-state index < -0.39 is 18.5 Å². The molecule has 0 atom stereocenters. The topological polar surface area (TPSA) is 75.7 Å². The molecule has 0 radical (unpaired) electrons. The van der Waals surface area contributed by atoms with Crippen LogP contribution >= 0.6 is 34.5 Å². The van der Waals surface area contributed by atoms with Crippen LogP contribution in [0.2, 0.25) is 10.0 Å². The number of esters is 1. The highest BCUT2D eigenvalue weighted by Crippen LogP contribution is 2.21. The van der Waals surface area contributed by atoms with Crippen molar-refractivity contribution >= 4 is 52.3 Å². The largest absolute Gasteiger partial charge is 0.452 e. The lowest BCUT2D eigenvalue weighted by Crippen LogP contribution is -2.42. The number of thiophene rings is 1. The number of carbonyl (C=O) groups excluding carboxylic acids is 3. The van der Waals surface area contributed by atoms with E-state index in [4.69, 9.17) is 27.9 Å². The summed E-state index contributed by atoms with van der Waals surface area (Å²) in [6, 6.07) is 8.15. The van der Waals surface area contributed by atoms with Crippen molar-refractivity contribution < 1.29 is 19.1 Å². The minimum Gasteiger partial charge on any atom is -0.452 e. The Labute approximate surface area is 171 Å². The molecule has 0 aliphatic carbocycles. The number of halogens is 2. The van der Waals surface area contributed by atoms with Gasteiger partial charge in [0, 0.05) is 16.4 Å². The van der Waals surface area contributed by atoms with Gasteiger partial charge in [0.1, 0.15) is 0 Å². The summed E-state index contributed by atoms with van der Waals surface area (Å²) in [5.74, 6) is -1.49. The predicted molar refractivity (Wildman–Crippen MR) is 105 cm³/mol. The number of rotatable bonds is 8. The van der Waals surface area contributed by atoms with Gasteiger partial charge in [-0.05, 0) is 36.6 Å². The van der Waals surface area contributed by atoms with Crippen molar-refractivity contribution in [3.05, 3.63) is 56.2 Å². The summed E-state index contributed by atoms with van der Waals surface area (Å²) in [7, 11) is 0. The maximum Gasteiger partial charge on any atom is 0.340 e. The summed E-state index contributed by atoms with van der Waals surface area (Å²) in [5.41, 5.74) is 0.116. The van der Waals surface area contributed by atoms with Crippen LogP contribution in [0.25, 0.3) is 0 Å². The van der Waals surface area contributed by atoms with Crippen molar-refractivity contribution in [1.82, 2.24) is 10.2 Å². The van der Waals surface area contributed by atoms with Gasteiger partial charge >= 0.3 is 5.97 Å². The summed E-state index contributed by atoms with van der Waals surface area (Å²) in [5, 5.41) is 5.20. The second-order valence-corrected chi connectivity index (χ2v) is 7.34. The molecule has 144 valence electrons. The molecular formula is C18H18Cl2N2O4S. The standard InChI is InChI=1S/C18H18Cl2N2O4S/c1-2-22(10-16(23)21-9-13-4-3-7-27-13)17(24)11-26-18(25)14-6-5-12(19)8-15(14)20/h3-8H,2,9-11H2,1H3,(H,21,23). The number of nitrogens with zero attached hydrogens (tertiary/aromatic N) is 1. The highest BCUT2D eigenvalue weighted by Gasteiger charge is 2.19. The van der Waals surface area contributed by atoms with Gasteiger partial charge in [-0.1, -0.05) is 29.3 Å². The van der Waals surface area contributed by atoms with E-state index in [1.54, 1.807) is 6.92 Å². The highest BCUT2D eigenvalue weighted by atomic mass is 35.5. The minimum atomic E-state index is -0.733.